The van der Waals surface area contributed by atoms with Crippen molar-refractivity contribution in [3.63, 3.8) is 0 Å². The highest BCUT2D eigenvalue weighted by molar-refractivity contribution is 6.32. The van der Waals surface area contributed by atoms with E-state index < -0.39 is 16.7 Å². The van der Waals surface area contributed by atoms with Gasteiger partial charge in [0.2, 0.25) is 0 Å². The molecule has 11 heteroatoms. The molecule has 0 bridgehead atoms. The second kappa shape index (κ2) is 5.16. The molecule has 0 radical (unpaired) electrons. The minimum atomic E-state index is -4.57. The highest BCUT2D eigenvalue weighted by atomic mass is 35.5. The summed E-state index contributed by atoms with van der Waals surface area (Å²) in [6.45, 7) is 0. The Morgan fingerprint density at radius 2 is 2.00 bits per heavy atom. The SMILES string of the molecule is O=[N+]([O-])c1ccc2c(c1)nnn2-c1ncc(C(F)(F)F)cc1Cl. The Hall–Kier alpha value is -2.75. The van der Waals surface area contributed by atoms with Crippen molar-refractivity contribution in [3.05, 3.63) is 51.2 Å². The van der Waals surface area contributed by atoms with Crippen LogP contribution in [0, 0.1) is 10.1 Å². The molecule has 0 amide bonds. The van der Waals surface area contributed by atoms with Gasteiger partial charge in [-0.1, -0.05) is 16.8 Å². The molecular formula is C12H5ClF3N5O2. The van der Waals surface area contributed by atoms with Gasteiger partial charge in [0.15, 0.2) is 5.82 Å². The average Bonchev–Trinajstić information content (AvgIpc) is 2.89. The molecule has 0 saturated carbocycles. The lowest BCUT2D eigenvalue weighted by Crippen LogP contribution is -2.08. The molecule has 0 atom stereocenters. The number of nitro benzene ring substituents is 1. The van der Waals surface area contributed by atoms with Crippen molar-refractivity contribution in [2.45, 2.75) is 6.18 Å². The molecule has 3 rings (SSSR count). The summed E-state index contributed by atoms with van der Waals surface area (Å²) < 4.78 is 39.0. The minimum Gasteiger partial charge on any atom is -0.258 e. The molecule has 0 saturated heterocycles. The summed E-state index contributed by atoms with van der Waals surface area (Å²) in [7, 11) is 0. The number of nitro groups is 1. The third-order valence-electron chi connectivity index (χ3n) is 2.99. The lowest BCUT2D eigenvalue weighted by Gasteiger charge is -2.09. The van der Waals surface area contributed by atoms with Gasteiger partial charge in [-0.25, -0.2) is 4.98 Å². The minimum absolute atomic E-state index is 0.0592. The van der Waals surface area contributed by atoms with Crippen LogP contribution in [-0.2, 0) is 6.18 Å². The maximum Gasteiger partial charge on any atom is 0.417 e. The van der Waals surface area contributed by atoms with Crippen molar-refractivity contribution in [2.75, 3.05) is 0 Å². The summed E-state index contributed by atoms with van der Waals surface area (Å²) in [6.07, 6.45) is -3.94. The molecule has 0 spiro atoms. The number of hydrogen-bond donors (Lipinski definition) is 0. The summed E-state index contributed by atoms with van der Waals surface area (Å²) in [4.78, 5) is 13.8. The van der Waals surface area contributed by atoms with E-state index in [1.54, 1.807) is 0 Å². The highest BCUT2D eigenvalue weighted by Crippen LogP contribution is 2.32. The van der Waals surface area contributed by atoms with Crippen molar-refractivity contribution < 1.29 is 18.1 Å². The van der Waals surface area contributed by atoms with Crippen LogP contribution in [0.1, 0.15) is 5.56 Å². The van der Waals surface area contributed by atoms with E-state index >= 15 is 0 Å². The molecule has 0 aliphatic carbocycles. The van der Waals surface area contributed by atoms with E-state index in [1.807, 2.05) is 0 Å². The van der Waals surface area contributed by atoms with Crippen LogP contribution in [0.15, 0.2) is 30.5 Å². The quantitative estimate of drug-likeness (QED) is 0.525. The number of alkyl halides is 3. The summed E-state index contributed by atoms with van der Waals surface area (Å²) in [5.74, 6) is -0.0592. The molecule has 2 aromatic heterocycles. The lowest BCUT2D eigenvalue weighted by molar-refractivity contribution is -0.384. The van der Waals surface area contributed by atoms with Crippen LogP contribution in [0.5, 0.6) is 0 Å². The highest BCUT2D eigenvalue weighted by Gasteiger charge is 2.32. The fourth-order valence-electron chi connectivity index (χ4n) is 1.92. The fraction of sp³-hybridized carbons (Fsp3) is 0.0833. The third-order valence-corrected chi connectivity index (χ3v) is 3.27. The van der Waals surface area contributed by atoms with Gasteiger partial charge in [-0.05, 0) is 12.1 Å². The van der Waals surface area contributed by atoms with E-state index in [2.05, 4.69) is 15.3 Å². The first-order chi connectivity index (χ1) is 10.8. The monoisotopic (exact) mass is 343 g/mol. The number of pyridine rings is 1. The first-order valence-electron chi connectivity index (χ1n) is 6.00. The zero-order valence-electron chi connectivity index (χ0n) is 11.0. The van der Waals surface area contributed by atoms with E-state index in [1.165, 1.54) is 18.2 Å². The summed E-state index contributed by atoms with van der Waals surface area (Å²) in [5.41, 5.74) is -0.663. The molecule has 7 nitrogen and oxygen atoms in total. The van der Waals surface area contributed by atoms with E-state index in [0.29, 0.717) is 11.7 Å². The number of benzene rings is 1. The summed E-state index contributed by atoms with van der Waals surface area (Å²) in [6, 6.07) is 4.50. The zero-order valence-corrected chi connectivity index (χ0v) is 11.7. The lowest BCUT2D eigenvalue weighted by atomic mass is 10.2. The van der Waals surface area contributed by atoms with Gasteiger partial charge in [0.1, 0.15) is 5.52 Å². The number of hydrogen-bond acceptors (Lipinski definition) is 5. The van der Waals surface area contributed by atoms with Crippen LogP contribution in [0.4, 0.5) is 18.9 Å². The standard InChI is InChI=1S/C12H5ClF3N5O2/c13-8-3-6(12(14,15)16)5-17-11(8)20-10-2-1-7(21(22)23)4-9(10)18-19-20/h1-5H. The number of aromatic nitrogens is 4. The number of nitrogens with zero attached hydrogens (tertiary/aromatic N) is 5. The van der Waals surface area contributed by atoms with Crippen LogP contribution in [0.2, 0.25) is 5.02 Å². The Morgan fingerprint density at radius 3 is 2.61 bits per heavy atom. The first-order valence-corrected chi connectivity index (χ1v) is 6.38. The average molecular weight is 344 g/mol. The van der Waals surface area contributed by atoms with Gasteiger partial charge in [0.25, 0.3) is 5.69 Å². The van der Waals surface area contributed by atoms with Gasteiger partial charge in [-0.15, -0.1) is 5.10 Å². The van der Waals surface area contributed by atoms with Crippen LogP contribution in [-0.4, -0.2) is 24.9 Å². The number of rotatable bonds is 2. The van der Waals surface area contributed by atoms with Gasteiger partial charge in [-0.3, -0.25) is 10.1 Å². The van der Waals surface area contributed by atoms with E-state index in [0.717, 1.165) is 10.7 Å². The molecule has 23 heavy (non-hydrogen) atoms. The topological polar surface area (TPSA) is 86.7 Å². The van der Waals surface area contributed by atoms with Gasteiger partial charge in [-0.2, -0.15) is 17.9 Å². The van der Waals surface area contributed by atoms with Crippen molar-refractivity contribution in [1.82, 2.24) is 20.0 Å². The second-order valence-corrected chi connectivity index (χ2v) is 4.87. The smallest absolute Gasteiger partial charge is 0.258 e. The van der Waals surface area contributed by atoms with E-state index in [9.17, 15) is 23.3 Å². The maximum atomic E-state index is 12.6. The van der Waals surface area contributed by atoms with Gasteiger partial charge >= 0.3 is 6.18 Å². The van der Waals surface area contributed by atoms with Crippen LogP contribution in [0.3, 0.4) is 0 Å². The van der Waals surface area contributed by atoms with E-state index in [-0.39, 0.29) is 22.0 Å². The van der Waals surface area contributed by atoms with Crippen LogP contribution < -0.4 is 0 Å². The zero-order chi connectivity index (χ0) is 16.8. The molecule has 0 N–H and O–H groups in total. The Labute approximate surface area is 130 Å². The second-order valence-electron chi connectivity index (χ2n) is 4.46. The van der Waals surface area contributed by atoms with Crippen molar-refractivity contribution >= 4 is 28.3 Å². The Morgan fingerprint density at radius 1 is 1.26 bits per heavy atom. The Bertz CT molecular complexity index is 925. The van der Waals surface area contributed by atoms with Gasteiger partial charge in [0, 0.05) is 18.3 Å². The molecule has 0 aliphatic rings. The third kappa shape index (κ3) is 2.68. The normalized spacial score (nSPS) is 11.8. The molecular weight excluding hydrogens is 339 g/mol. The Kier molecular flexibility index (Phi) is 3.40. The predicted molar refractivity (Wildman–Crippen MR) is 73.3 cm³/mol. The fourth-order valence-corrected chi connectivity index (χ4v) is 2.17. The molecule has 1 aromatic carbocycles. The van der Waals surface area contributed by atoms with Crippen LogP contribution in [0.25, 0.3) is 16.9 Å². The number of fused-ring (bicyclic) bond motifs is 1. The molecule has 0 fully saturated rings. The predicted octanol–water partition coefficient (Wildman–Crippen LogP) is 3.40. The Balaban J connectivity index is 2.12. The van der Waals surface area contributed by atoms with Gasteiger partial charge in [0.05, 0.1) is 21.0 Å². The summed E-state index contributed by atoms with van der Waals surface area (Å²) in [5, 5.41) is 17.9. The largest absolute Gasteiger partial charge is 0.417 e. The van der Waals surface area contributed by atoms with Gasteiger partial charge < -0.3 is 0 Å². The molecule has 2 heterocycles. The summed E-state index contributed by atoms with van der Waals surface area (Å²) >= 11 is 5.85. The number of non-ortho nitro benzene ring substituents is 1. The maximum absolute atomic E-state index is 12.6. The van der Waals surface area contributed by atoms with Crippen molar-refractivity contribution in [2.24, 2.45) is 0 Å². The van der Waals surface area contributed by atoms with E-state index in [4.69, 9.17) is 11.6 Å². The molecule has 3 aromatic rings. The number of halogens is 4. The molecule has 118 valence electrons. The van der Waals surface area contributed by atoms with Crippen LogP contribution >= 0.6 is 11.6 Å². The molecule has 0 aliphatic heterocycles. The van der Waals surface area contributed by atoms with Crippen molar-refractivity contribution in [1.29, 1.82) is 0 Å². The first kappa shape index (κ1) is 15.2. The van der Waals surface area contributed by atoms with Crippen molar-refractivity contribution in [3.8, 4) is 5.82 Å². The molecule has 0 unspecified atom stereocenters.